The summed E-state index contributed by atoms with van der Waals surface area (Å²) in [6.45, 7) is 3.87. The van der Waals surface area contributed by atoms with Gasteiger partial charge in [-0.15, -0.1) is 0 Å². The molecule has 1 aromatic carbocycles. The molecule has 0 spiro atoms. The van der Waals surface area contributed by atoms with E-state index in [4.69, 9.17) is 10.2 Å². The van der Waals surface area contributed by atoms with Crippen LogP contribution in [0.15, 0.2) is 28.9 Å². The van der Waals surface area contributed by atoms with E-state index in [9.17, 15) is 4.79 Å². The molecule has 1 fully saturated rings. The van der Waals surface area contributed by atoms with Crippen molar-refractivity contribution in [2.75, 3.05) is 5.32 Å². The molecule has 5 nitrogen and oxygen atoms in total. The Balaban J connectivity index is 1.85. The molecule has 5 heteroatoms. The Labute approximate surface area is 129 Å². The number of aromatic nitrogens is 1. The molecule has 1 heterocycles. The largest absolute Gasteiger partial charge is 0.444 e. The van der Waals surface area contributed by atoms with Crippen LogP contribution in [0.2, 0.25) is 0 Å². The van der Waals surface area contributed by atoms with Crippen LogP contribution >= 0.6 is 0 Å². The Morgan fingerprint density at radius 2 is 2.05 bits per heavy atom. The number of hydrogen-bond donors (Lipinski definition) is 2. The summed E-state index contributed by atoms with van der Waals surface area (Å²) in [5.41, 5.74) is 8.93. The van der Waals surface area contributed by atoms with Crippen molar-refractivity contribution in [3.63, 3.8) is 0 Å². The number of hydrogen-bond acceptors (Lipinski definition) is 4. The molecule has 0 aliphatic heterocycles. The Hall–Kier alpha value is -2.14. The quantitative estimate of drug-likeness (QED) is 0.912. The van der Waals surface area contributed by atoms with Crippen molar-refractivity contribution in [2.24, 2.45) is 5.73 Å². The monoisotopic (exact) mass is 299 g/mol. The summed E-state index contributed by atoms with van der Waals surface area (Å²) in [7, 11) is 0. The molecule has 1 aliphatic rings. The zero-order chi connectivity index (χ0) is 15.7. The summed E-state index contributed by atoms with van der Waals surface area (Å²) in [4.78, 5) is 16.7. The Kier molecular flexibility index (Phi) is 3.74. The average molecular weight is 299 g/mol. The smallest absolute Gasteiger partial charge is 0.244 e. The van der Waals surface area contributed by atoms with Crippen LogP contribution in [-0.4, -0.2) is 16.4 Å². The van der Waals surface area contributed by atoms with Crippen molar-refractivity contribution >= 4 is 11.6 Å². The Morgan fingerprint density at radius 3 is 2.68 bits per heavy atom. The number of anilines is 1. The maximum absolute atomic E-state index is 12.4. The molecule has 0 unspecified atom stereocenters. The van der Waals surface area contributed by atoms with Gasteiger partial charge in [-0.05, 0) is 44.4 Å². The van der Waals surface area contributed by atoms with Crippen LogP contribution in [0.25, 0.3) is 11.5 Å². The van der Waals surface area contributed by atoms with E-state index in [0.29, 0.717) is 5.89 Å². The highest BCUT2D eigenvalue weighted by Gasteiger charge is 2.37. The van der Waals surface area contributed by atoms with Gasteiger partial charge >= 0.3 is 0 Å². The standard InChI is InChI=1S/C17H21N3O2/c1-11-5-6-13(9-14(11)15-19-12(2)10-22-15)20-16(21)17(18)7-3-4-8-17/h5-6,9-10H,3-4,7-8,18H2,1-2H3,(H,20,21). The van der Waals surface area contributed by atoms with Gasteiger partial charge in [0, 0.05) is 11.3 Å². The minimum absolute atomic E-state index is 0.108. The molecule has 1 saturated carbocycles. The van der Waals surface area contributed by atoms with Gasteiger partial charge in [-0.1, -0.05) is 18.9 Å². The first-order chi connectivity index (χ1) is 10.5. The zero-order valence-electron chi connectivity index (χ0n) is 13.0. The molecule has 116 valence electrons. The molecule has 1 aliphatic carbocycles. The number of oxazole rings is 1. The predicted molar refractivity (Wildman–Crippen MR) is 85.4 cm³/mol. The fraction of sp³-hybridized carbons (Fsp3) is 0.412. The molecule has 2 aromatic rings. The minimum Gasteiger partial charge on any atom is -0.444 e. The number of amides is 1. The number of nitrogens with one attached hydrogen (secondary N) is 1. The second-order valence-corrected chi connectivity index (χ2v) is 6.14. The summed E-state index contributed by atoms with van der Waals surface area (Å²) < 4.78 is 5.46. The lowest BCUT2D eigenvalue weighted by molar-refractivity contribution is -0.121. The van der Waals surface area contributed by atoms with Gasteiger partial charge < -0.3 is 15.5 Å². The maximum atomic E-state index is 12.4. The van der Waals surface area contributed by atoms with Crippen molar-refractivity contribution < 1.29 is 9.21 Å². The van der Waals surface area contributed by atoms with E-state index in [-0.39, 0.29) is 5.91 Å². The normalized spacial score (nSPS) is 16.7. The lowest BCUT2D eigenvalue weighted by atomic mass is 9.98. The average Bonchev–Trinajstić information content (AvgIpc) is 3.11. The molecule has 3 N–H and O–H groups in total. The van der Waals surface area contributed by atoms with Crippen molar-refractivity contribution in [3.05, 3.63) is 35.7 Å². The van der Waals surface area contributed by atoms with Gasteiger partial charge in [0.15, 0.2) is 0 Å². The highest BCUT2D eigenvalue weighted by atomic mass is 16.3. The third-order valence-electron chi connectivity index (χ3n) is 4.29. The summed E-state index contributed by atoms with van der Waals surface area (Å²) >= 11 is 0. The van der Waals surface area contributed by atoms with E-state index in [1.165, 1.54) is 0 Å². The van der Waals surface area contributed by atoms with Crippen LogP contribution in [0.5, 0.6) is 0 Å². The number of nitrogens with zero attached hydrogens (tertiary/aromatic N) is 1. The molecular weight excluding hydrogens is 278 g/mol. The van der Waals surface area contributed by atoms with Gasteiger partial charge in [-0.25, -0.2) is 4.98 Å². The number of rotatable bonds is 3. The van der Waals surface area contributed by atoms with E-state index < -0.39 is 5.54 Å². The number of aryl methyl sites for hydroxylation is 2. The molecule has 22 heavy (non-hydrogen) atoms. The van der Waals surface area contributed by atoms with Gasteiger partial charge in [0.25, 0.3) is 0 Å². The maximum Gasteiger partial charge on any atom is 0.244 e. The molecule has 0 saturated heterocycles. The first-order valence-corrected chi connectivity index (χ1v) is 7.61. The molecule has 0 bridgehead atoms. The van der Waals surface area contributed by atoms with Crippen molar-refractivity contribution in [2.45, 2.75) is 45.1 Å². The van der Waals surface area contributed by atoms with Crippen LogP contribution < -0.4 is 11.1 Å². The minimum atomic E-state index is -0.732. The lowest BCUT2D eigenvalue weighted by Crippen LogP contribution is -2.48. The van der Waals surface area contributed by atoms with Crippen LogP contribution in [-0.2, 0) is 4.79 Å². The van der Waals surface area contributed by atoms with Crippen LogP contribution in [0.1, 0.15) is 36.9 Å². The number of nitrogens with two attached hydrogens (primary N) is 1. The molecule has 1 amide bonds. The molecule has 0 radical (unpaired) electrons. The zero-order valence-corrected chi connectivity index (χ0v) is 13.0. The SMILES string of the molecule is Cc1coc(-c2cc(NC(=O)C3(N)CCCC3)ccc2C)n1. The fourth-order valence-electron chi connectivity index (χ4n) is 2.90. The highest BCUT2D eigenvalue weighted by Crippen LogP contribution is 2.30. The van der Waals surface area contributed by atoms with Crippen LogP contribution in [0.4, 0.5) is 5.69 Å². The second kappa shape index (κ2) is 5.57. The summed E-state index contributed by atoms with van der Waals surface area (Å²) in [5, 5.41) is 2.94. The third-order valence-corrected chi connectivity index (χ3v) is 4.29. The summed E-state index contributed by atoms with van der Waals surface area (Å²) in [5.74, 6) is 0.456. The van der Waals surface area contributed by atoms with Crippen molar-refractivity contribution in [3.8, 4) is 11.5 Å². The van der Waals surface area contributed by atoms with Crippen LogP contribution in [0, 0.1) is 13.8 Å². The highest BCUT2D eigenvalue weighted by molar-refractivity contribution is 5.98. The van der Waals surface area contributed by atoms with E-state index in [2.05, 4.69) is 10.3 Å². The van der Waals surface area contributed by atoms with Crippen molar-refractivity contribution in [1.29, 1.82) is 0 Å². The Bertz CT molecular complexity index is 700. The summed E-state index contributed by atoms with van der Waals surface area (Å²) in [6.07, 6.45) is 5.14. The van der Waals surface area contributed by atoms with E-state index in [1.807, 2.05) is 32.0 Å². The van der Waals surface area contributed by atoms with Gasteiger partial charge in [-0.2, -0.15) is 0 Å². The number of benzene rings is 1. The summed E-state index contributed by atoms with van der Waals surface area (Å²) in [6, 6.07) is 5.71. The molecule has 0 atom stereocenters. The van der Waals surface area contributed by atoms with Gasteiger partial charge in [0.05, 0.1) is 11.2 Å². The molecule has 1 aromatic heterocycles. The first kappa shape index (κ1) is 14.8. The Morgan fingerprint density at radius 1 is 1.32 bits per heavy atom. The van der Waals surface area contributed by atoms with Gasteiger partial charge in [0.1, 0.15) is 6.26 Å². The fourth-order valence-corrected chi connectivity index (χ4v) is 2.90. The number of carbonyl (C=O) groups is 1. The second-order valence-electron chi connectivity index (χ2n) is 6.14. The number of carbonyl (C=O) groups excluding carboxylic acids is 1. The lowest BCUT2D eigenvalue weighted by Gasteiger charge is -2.22. The molecule has 3 rings (SSSR count). The topological polar surface area (TPSA) is 81.2 Å². The van der Waals surface area contributed by atoms with Crippen molar-refractivity contribution in [1.82, 2.24) is 4.98 Å². The van der Waals surface area contributed by atoms with E-state index >= 15 is 0 Å². The predicted octanol–water partition coefficient (Wildman–Crippen LogP) is 3.17. The molecular formula is C17H21N3O2. The van der Waals surface area contributed by atoms with E-state index in [0.717, 1.165) is 48.2 Å². The van der Waals surface area contributed by atoms with Crippen LogP contribution in [0.3, 0.4) is 0 Å². The van der Waals surface area contributed by atoms with Gasteiger partial charge in [-0.3, -0.25) is 4.79 Å². The van der Waals surface area contributed by atoms with E-state index in [1.54, 1.807) is 6.26 Å². The third kappa shape index (κ3) is 2.76. The first-order valence-electron chi connectivity index (χ1n) is 7.61. The van der Waals surface area contributed by atoms with Gasteiger partial charge in [0.2, 0.25) is 11.8 Å².